The van der Waals surface area contributed by atoms with E-state index < -0.39 is 5.97 Å². The fraction of sp³-hybridized carbons (Fsp3) is 0.500. The summed E-state index contributed by atoms with van der Waals surface area (Å²) >= 11 is 5.78. The lowest BCUT2D eigenvalue weighted by atomic mass is 10.3. The van der Waals surface area contributed by atoms with Crippen molar-refractivity contribution >= 4 is 17.6 Å². The van der Waals surface area contributed by atoms with E-state index in [1.165, 1.54) is 0 Å². The molecule has 1 N–H and O–H groups in total. The van der Waals surface area contributed by atoms with Gasteiger partial charge in [0.25, 0.3) is 0 Å². The molecule has 0 fully saturated rings. The number of nitrogens with zero attached hydrogens (tertiary/aromatic N) is 1. The quantitative estimate of drug-likeness (QED) is 0.709. The topological polar surface area (TPSA) is 49.8 Å². The van der Waals surface area contributed by atoms with Crippen LogP contribution in [0.25, 0.3) is 0 Å². The summed E-state index contributed by atoms with van der Waals surface area (Å²) in [6.45, 7) is 4.23. The van der Waals surface area contributed by atoms with E-state index in [0.29, 0.717) is 11.6 Å². The van der Waals surface area contributed by atoms with Gasteiger partial charge in [0.1, 0.15) is 5.75 Å². The van der Waals surface area contributed by atoms with Gasteiger partial charge in [-0.1, -0.05) is 18.5 Å². The number of carbonyl (C=O) groups is 1. The van der Waals surface area contributed by atoms with Gasteiger partial charge in [-0.15, -0.1) is 0 Å². The van der Waals surface area contributed by atoms with Crippen molar-refractivity contribution in [1.82, 2.24) is 4.90 Å². The zero-order valence-corrected chi connectivity index (χ0v) is 11.9. The van der Waals surface area contributed by atoms with Gasteiger partial charge in [-0.05, 0) is 43.7 Å². The average Bonchev–Trinajstić information content (AvgIpc) is 2.36. The lowest BCUT2D eigenvalue weighted by Crippen LogP contribution is -2.32. The molecule has 1 aromatic rings. The molecule has 0 aromatic heterocycles. The average molecular weight is 286 g/mol. The van der Waals surface area contributed by atoms with Crippen LogP contribution in [0.15, 0.2) is 24.3 Å². The fourth-order valence-electron chi connectivity index (χ4n) is 1.79. The van der Waals surface area contributed by atoms with E-state index in [2.05, 4.69) is 0 Å². The summed E-state index contributed by atoms with van der Waals surface area (Å²) in [4.78, 5) is 12.6. The Hall–Kier alpha value is -1.26. The predicted molar refractivity (Wildman–Crippen MR) is 75.9 cm³/mol. The molecule has 0 spiro atoms. The van der Waals surface area contributed by atoms with Crippen molar-refractivity contribution in [3.8, 4) is 5.75 Å². The van der Waals surface area contributed by atoms with Gasteiger partial charge in [-0.3, -0.25) is 9.69 Å². The van der Waals surface area contributed by atoms with Gasteiger partial charge in [0.2, 0.25) is 0 Å². The van der Waals surface area contributed by atoms with Gasteiger partial charge in [0.15, 0.2) is 0 Å². The zero-order chi connectivity index (χ0) is 14.1. The van der Waals surface area contributed by atoms with Crippen molar-refractivity contribution in [3.05, 3.63) is 29.3 Å². The van der Waals surface area contributed by atoms with Gasteiger partial charge in [0.05, 0.1) is 13.2 Å². The molecule has 0 atom stereocenters. The summed E-state index contributed by atoms with van der Waals surface area (Å²) in [6, 6.07) is 7.21. The first-order valence-corrected chi connectivity index (χ1v) is 6.82. The molecule has 5 heteroatoms. The van der Waals surface area contributed by atoms with Gasteiger partial charge in [-0.25, -0.2) is 0 Å². The van der Waals surface area contributed by atoms with Crippen LogP contribution in [0.2, 0.25) is 5.02 Å². The Morgan fingerprint density at radius 1 is 1.32 bits per heavy atom. The van der Waals surface area contributed by atoms with E-state index in [1.54, 1.807) is 12.1 Å². The number of hydrogen-bond acceptors (Lipinski definition) is 3. The predicted octanol–water partition coefficient (Wildman–Crippen LogP) is 2.91. The van der Waals surface area contributed by atoms with E-state index in [1.807, 2.05) is 24.0 Å². The first kappa shape index (κ1) is 15.8. The van der Waals surface area contributed by atoms with Crippen molar-refractivity contribution in [2.24, 2.45) is 0 Å². The second kappa shape index (κ2) is 8.77. The molecule has 1 aromatic carbocycles. The summed E-state index contributed by atoms with van der Waals surface area (Å²) in [5.41, 5.74) is 0. The van der Waals surface area contributed by atoms with Crippen LogP contribution in [0.3, 0.4) is 0 Å². The van der Waals surface area contributed by atoms with E-state index in [-0.39, 0.29) is 6.54 Å². The summed E-state index contributed by atoms with van der Waals surface area (Å²) in [7, 11) is 0. The summed E-state index contributed by atoms with van der Waals surface area (Å²) in [5.74, 6) is -0.00301. The lowest BCUT2D eigenvalue weighted by Gasteiger charge is -2.19. The number of halogens is 1. The Labute approximate surface area is 118 Å². The van der Waals surface area contributed by atoms with Crippen LogP contribution in [0.1, 0.15) is 19.8 Å². The molecular weight excluding hydrogens is 266 g/mol. The molecule has 0 saturated heterocycles. The van der Waals surface area contributed by atoms with Crippen LogP contribution in [-0.2, 0) is 4.79 Å². The van der Waals surface area contributed by atoms with E-state index in [4.69, 9.17) is 21.4 Å². The molecule has 0 aliphatic heterocycles. The molecule has 0 radical (unpaired) electrons. The Bertz CT molecular complexity index is 381. The minimum atomic E-state index is -0.785. The molecule has 1 rings (SSSR count). The fourth-order valence-corrected chi connectivity index (χ4v) is 1.91. The largest absolute Gasteiger partial charge is 0.494 e. The molecule has 19 heavy (non-hydrogen) atoms. The number of aliphatic carboxylic acids is 1. The minimum Gasteiger partial charge on any atom is -0.494 e. The number of carboxylic acid groups (broad SMARTS) is 1. The molecule has 0 amide bonds. The number of carboxylic acids is 1. The normalized spacial score (nSPS) is 10.7. The van der Waals surface area contributed by atoms with Crippen LogP contribution < -0.4 is 4.74 Å². The van der Waals surface area contributed by atoms with Crippen LogP contribution in [0, 0.1) is 0 Å². The Kier molecular flexibility index (Phi) is 7.30. The van der Waals surface area contributed by atoms with Crippen LogP contribution in [0.5, 0.6) is 5.75 Å². The van der Waals surface area contributed by atoms with Crippen molar-refractivity contribution in [3.63, 3.8) is 0 Å². The lowest BCUT2D eigenvalue weighted by molar-refractivity contribution is -0.138. The van der Waals surface area contributed by atoms with E-state index >= 15 is 0 Å². The molecule has 4 nitrogen and oxygen atoms in total. The molecule has 0 aliphatic carbocycles. The molecule has 0 unspecified atom stereocenters. The highest BCUT2D eigenvalue weighted by Gasteiger charge is 2.08. The first-order chi connectivity index (χ1) is 9.11. The molecule has 0 aliphatic rings. The van der Waals surface area contributed by atoms with Gasteiger partial charge < -0.3 is 9.84 Å². The van der Waals surface area contributed by atoms with Crippen molar-refractivity contribution in [1.29, 1.82) is 0 Å². The highest BCUT2D eigenvalue weighted by Crippen LogP contribution is 2.15. The van der Waals surface area contributed by atoms with Crippen molar-refractivity contribution < 1.29 is 14.6 Å². The van der Waals surface area contributed by atoms with Gasteiger partial charge in [-0.2, -0.15) is 0 Å². The second-order valence-electron chi connectivity index (χ2n) is 4.33. The highest BCUT2D eigenvalue weighted by molar-refractivity contribution is 6.30. The Morgan fingerprint density at radius 3 is 2.58 bits per heavy atom. The molecule has 0 bridgehead atoms. The van der Waals surface area contributed by atoms with Gasteiger partial charge >= 0.3 is 5.97 Å². The summed E-state index contributed by atoms with van der Waals surface area (Å²) in [6.07, 6.45) is 1.75. The van der Waals surface area contributed by atoms with E-state index in [9.17, 15) is 4.79 Å². The maximum atomic E-state index is 10.7. The number of hydrogen-bond donors (Lipinski definition) is 1. The summed E-state index contributed by atoms with van der Waals surface area (Å²) < 4.78 is 5.56. The van der Waals surface area contributed by atoms with Crippen LogP contribution >= 0.6 is 11.6 Å². The maximum Gasteiger partial charge on any atom is 0.317 e. The Morgan fingerprint density at radius 2 is 2.00 bits per heavy atom. The Balaban J connectivity index is 2.24. The zero-order valence-electron chi connectivity index (χ0n) is 11.1. The SMILES string of the molecule is CCCN(CCCOc1ccc(Cl)cc1)CC(=O)O. The monoisotopic (exact) mass is 285 g/mol. The molecule has 0 heterocycles. The molecule has 0 saturated carbocycles. The van der Waals surface area contributed by atoms with Crippen molar-refractivity contribution in [2.75, 3.05) is 26.2 Å². The number of benzene rings is 1. The molecule has 106 valence electrons. The second-order valence-corrected chi connectivity index (χ2v) is 4.76. The third-order valence-electron chi connectivity index (χ3n) is 2.60. The minimum absolute atomic E-state index is 0.0920. The summed E-state index contributed by atoms with van der Waals surface area (Å²) in [5, 5.41) is 9.47. The first-order valence-electron chi connectivity index (χ1n) is 6.44. The van der Waals surface area contributed by atoms with Crippen LogP contribution in [-0.4, -0.2) is 42.2 Å². The highest BCUT2D eigenvalue weighted by atomic mass is 35.5. The third kappa shape index (κ3) is 7.03. The smallest absolute Gasteiger partial charge is 0.317 e. The van der Waals surface area contributed by atoms with E-state index in [0.717, 1.165) is 31.7 Å². The van der Waals surface area contributed by atoms with Crippen LogP contribution in [0.4, 0.5) is 0 Å². The molecular formula is C14H20ClNO3. The van der Waals surface area contributed by atoms with Gasteiger partial charge in [0, 0.05) is 11.6 Å². The maximum absolute atomic E-state index is 10.7. The standard InChI is InChI=1S/C14H20ClNO3/c1-2-8-16(11-14(17)18)9-3-10-19-13-6-4-12(15)5-7-13/h4-7H,2-3,8-11H2,1H3,(H,17,18). The number of rotatable bonds is 9. The van der Waals surface area contributed by atoms with Crippen molar-refractivity contribution in [2.45, 2.75) is 19.8 Å². The number of ether oxygens (including phenoxy) is 1. The third-order valence-corrected chi connectivity index (χ3v) is 2.85.